The summed E-state index contributed by atoms with van der Waals surface area (Å²) in [6.07, 6.45) is 0.746. The molecule has 0 saturated heterocycles. The minimum absolute atomic E-state index is 0.175. The fourth-order valence-corrected chi connectivity index (χ4v) is 3.52. The first-order valence-electron chi connectivity index (χ1n) is 9.27. The highest BCUT2D eigenvalue weighted by Crippen LogP contribution is 2.20. The lowest BCUT2D eigenvalue weighted by Crippen LogP contribution is -2.51. The van der Waals surface area contributed by atoms with E-state index in [0.29, 0.717) is 17.7 Å². The van der Waals surface area contributed by atoms with Crippen LogP contribution in [-0.2, 0) is 19.1 Å². The van der Waals surface area contributed by atoms with Crippen molar-refractivity contribution in [1.82, 2.24) is 10.6 Å². The molecule has 2 N–H and O–H groups in total. The molecule has 1 heterocycles. The van der Waals surface area contributed by atoms with Gasteiger partial charge in [-0.05, 0) is 32.4 Å². The van der Waals surface area contributed by atoms with Crippen LogP contribution in [0.15, 0.2) is 40.4 Å². The monoisotopic (exact) mass is 406 g/mol. The normalized spacial score (nSPS) is 16.2. The Morgan fingerprint density at radius 3 is 2.50 bits per heavy atom. The first-order valence-corrected chi connectivity index (χ1v) is 10.3. The second-order valence-electron chi connectivity index (χ2n) is 6.24. The molecule has 0 spiro atoms. The number of hydrogen-bond acceptors (Lipinski definition) is 6. The van der Waals surface area contributed by atoms with Gasteiger partial charge in [0.2, 0.25) is 0 Å². The third kappa shape index (κ3) is 6.30. The van der Waals surface area contributed by atoms with Crippen LogP contribution in [0.1, 0.15) is 32.3 Å². The van der Waals surface area contributed by atoms with Crippen molar-refractivity contribution in [3.05, 3.63) is 41.1 Å². The SMILES string of the molecule is CCOC(=O)C1=C(COC(=O)CCSc2ccc(C)cc2)NC(=O)N[C@@H]1CC. The Morgan fingerprint density at radius 1 is 1.14 bits per heavy atom. The first kappa shape index (κ1) is 21.8. The maximum absolute atomic E-state index is 12.3. The number of aryl methyl sites for hydroxylation is 1. The number of ether oxygens (including phenoxy) is 2. The number of amides is 2. The summed E-state index contributed by atoms with van der Waals surface area (Å²) >= 11 is 1.57. The highest BCUT2D eigenvalue weighted by molar-refractivity contribution is 7.99. The summed E-state index contributed by atoms with van der Waals surface area (Å²) in [6.45, 7) is 5.62. The standard InChI is InChI=1S/C20H26N2O5S/c1-4-15-18(19(24)26-5-2)16(22-20(25)21-15)12-27-17(23)10-11-28-14-8-6-13(3)7-9-14/h6-9,15H,4-5,10-12H2,1-3H3,(H2,21,22,25)/t15-/m1/s1. The summed E-state index contributed by atoms with van der Waals surface area (Å²) in [6, 6.07) is 7.16. The smallest absolute Gasteiger partial charge is 0.338 e. The van der Waals surface area contributed by atoms with Crippen molar-refractivity contribution in [3.8, 4) is 0 Å². The second-order valence-corrected chi connectivity index (χ2v) is 7.41. The van der Waals surface area contributed by atoms with E-state index in [4.69, 9.17) is 9.47 Å². The number of esters is 2. The topological polar surface area (TPSA) is 93.7 Å². The van der Waals surface area contributed by atoms with Gasteiger partial charge in [0.1, 0.15) is 6.61 Å². The van der Waals surface area contributed by atoms with Crippen LogP contribution in [0.2, 0.25) is 0 Å². The van der Waals surface area contributed by atoms with E-state index >= 15 is 0 Å². The highest BCUT2D eigenvalue weighted by Gasteiger charge is 2.31. The highest BCUT2D eigenvalue weighted by atomic mass is 32.2. The van der Waals surface area contributed by atoms with Gasteiger partial charge in [0, 0.05) is 10.6 Å². The quantitative estimate of drug-likeness (QED) is 0.484. The molecule has 0 aromatic heterocycles. The van der Waals surface area contributed by atoms with E-state index in [1.54, 1.807) is 18.7 Å². The molecule has 0 saturated carbocycles. The van der Waals surface area contributed by atoms with Gasteiger partial charge in [0.05, 0.1) is 30.3 Å². The van der Waals surface area contributed by atoms with E-state index in [1.165, 1.54) is 5.56 Å². The van der Waals surface area contributed by atoms with Crippen LogP contribution >= 0.6 is 11.8 Å². The van der Waals surface area contributed by atoms with Crippen molar-refractivity contribution in [2.24, 2.45) is 0 Å². The van der Waals surface area contributed by atoms with Crippen LogP contribution < -0.4 is 10.6 Å². The number of hydrogen-bond donors (Lipinski definition) is 2. The molecule has 7 nitrogen and oxygen atoms in total. The third-order valence-electron chi connectivity index (χ3n) is 4.12. The molecule has 1 aromatic rings. The molecule has 0 fully saturated rings. The number of urea groups is 1. The number of rotatable bonds is 9. The first-order chi connectivity index (χ1) is 13.4. The van der Waals surface area contributed by atoms with E-state index in [-0.39, 0.29) is 25.3 Å². The van der Waals surface area contributed by atoms with Crippen molar-refractivity contribution in [2.75, 3.05) is 19.0 Å². The van der Waals surface area contributed by atoms with Crippen molar-refractivity contribution in [2.45, 2.75) is 44.6 Å². The van der Waals surface area contributed by atoms with Crippen LogP contribution in [0, 0.1) is 6.92 Å². The summed E-state index contributed by atoms with van der Waals surface area (Å²) in [7, 11) is 0. The molecule has 1 atom stereocenters. The van der Waals surface area contributed by atoms with Crippen LogP contribution in [0.25, 0.3) is 0 Å². The Labute approximate surface area is 169 Å². The molecule has 28 heavy (non-hydrogen) atoms. The Hall–Kier alpha value is -2.48. The molecule has 0 radical (unpaired) electrons. The van der Waals surface area contributed by atoms with Crippen LogP contribution in [0.5, 0.6) is 0 Å². The van der Waals surface area contributed by atoms with Gasteiger partial charge >= 0.3 is 18.0 Å². The number of thioether (sulfide) groups is 1. The molecule has 8 heteroatoms. The Bertz CT molecular complexity index is 745. The molecule has 0 unspecified atom stereocenters. The molecular weight excluding hydrogens is 380 g/mol. The lowest BCUT2D eigenvalue weighted by atomic mass is 10.0. The number of benzene rings is 1. The van der Waals surface area contributed by atoms with Gasteiger partial charge < -0.3 is 20.1 Å². The van der Waals surface area contributed by atoms with Gasteiger partial charge in [-0.15, -0.1) is 11.8 Å². The van der Waals surface area contributed by atoms with E-state index < -0.39 is 24.0 Å². The maximum atomic E-state index is 12.3. The van der Waals surface area contributed by atoms with Gasteiger partial charge in [-0.1, -0.05) is 24.6 Å². The number of carbonyl (C=O) groups excluding carboxylic acids is 3. The molecule has 0 aliphatic carbocycles. The molecular formula is C20H26N2O5S. The average Bonchev–Trinajstić information content (AvgIpc) is 2.67. The lowest BCUT2D eigenvalue weighted by molar-refractivity contribution is -0.143. The van der Waals surface area contributed by atoms with Crippen LogP contribution in [0.3, 0.4) is 0 Å². The molecule has 1 aliphatic rings. The largest absolute Gasteiger partial charge is 0.463 e. The average molecular weight is 407 g/mol. The molecule has 1 aliphatic heterocycles. The van der Waals surface area contributed by atoms with Crippen LogP contribution in [-0.4, -0.2) is 43.0 Å². The molecule has 1 aromatic carbocycles. The van der Waals surface area contributed by atoms with Gasteiger partial charge in [0.15, 0.2) is 0 Å². The van der Waals surface area contributed by atoms with Gasteiger partial charge in [-0.3, -0.25) is 4.79 Å². The summed E-state index contributed by atoms with van der Waals surface area (Å²) in [5.74, 6) is -0.337. The van der Waals surface area contributed by atoms with Crippen LogP contribution in [0.4, 0.5) is 4.79 Å². The zero-order chi connectivity index (χ0) is 20.5. The summed E-state index contributed by atoms with van der Waals surface area (Å²) in [5, 5.41) is 5.24. The maximum Gasteiger partial charge on any atom is 0.338 e. The molecule has 2 rings (SSSR count). The number of carbonyl (C=O) groups is 3. The Morgan fingerprint density at radius 2 is 1.86 bits per heavy atom. The molecule has 0 bridgehead atoms. The van der Waals surface area contributed by atoms with E-state index in [0.717, 1.165) is 4.90 Å². The third-order valence-corrected chi connectivity index (χ3v) is 5.13. The molecule has 2 amide bonds. The zero-order valence-corrected chi connectivity index (χ0v) is 17.2. The minimum Gasteiger partial charge on any atom is -0.463 e. The van der Waals surface area contributed by atoms with Gasteiger partial charge in [-0.2, -0.15) is 0 Å². The van der Waals surface area contributed by atoms with E-state index in [9.17, 15) is 14.4 Å². The summed E-state index contributed by atoms with van der Waals surface area (Å²) in [4.78, 5) is 37.2. The van der Waals surface area contributed by atoms with Gasteiger partial charge in [-0.25, -0.2) is 9.59 Å². The van der Waals surface area contributed by atoms with Crippen molar-refractivity contribution in [1.29, 1.82) is 0 Å². The number of nitrogens with one attached hydrogen (secondary N) is 2. The fraction of sp³-hybridized carbons (Fsp3) is 0.450. The van der Waals surface area contributed by atoms with Crippen molar-refractivity contribution < 1.29 is 23.9 Å². The summed E-state index contributed by atoms with van der Waals surface area (Å²) in [5.41, 5.74) is 1.75. The fourth-order valence-electron chi connectivity index (χ4n) is 2.69. The predicted molar refractivity (Wildman–Crippen MR) is 107 cm³/mol. The van der Waals surface area contributed by atoms with E-state index in [1.807, 2.05) is 38.1 Å². The van der Waals surface area contributed by atoms with Crippen molar-refractivity contribution >= 4 is 29.7 Å². The van der Waals surface area contributed by atoms with Crippen molar-refractivity contribution in [3.63, 3.8) is 0 Å². The Kier molecular flexibility index (Phi) is 8.38. The minimum atomic E-state index is -0.525. The Balaban J connectivity index is 1.92. The van der Waals surface area contributed by atoms with Gasteiger partial charge in [0.25, 0.3) is 0 Å². The predicted octanol–water partition coefficient (Wildman–Crippen LogP) is 2.93. The summed E-state index contributed by atoms with van der Waals surface area (Å²) < 4.78 is 10.4. The molecule has 152 valence electrons. The van der Waals surface area contributed by atoms with E-state index in [2.05, 4.69) is 10.6 Å². The second kappa shape index (κ2) is 10.8. The zero-order valence-electron chi connectivity index (χ0n) is 16.4. The lowest BCUT2D eigenvalue weighted by Gasteiger charge is -2.28.